The SMILES string of the molecule is CC(C(=O)O)(C(=O)Nc1ccccc1)C(F)(F)F. The number of carboxylic acids is 1. The second kappa shape index (κ2) is 4.67. The van der Waals surface area contributed by atoms with E-state index < -0.39 is 23.5 Å². The second-order valence-electron chi connectivity index (χ2n) is 3.75. The Labute approximate surface area is 100 Å². The number of amides is 1. The third kappa shape index (κ3) is 2.44. The molecule has 0 bridgehead atoms. The molecule has 0 aliphatic heterocycles. The second-order valence-corrected chi connectivity index (χ2v) is 3.75. The largest absolute Gasteiger partial charge is 0.480 e. The van der Waals surface area contributed by atoms with Crippen molar-refractivity contribution < 1.29 is 27.9 Å². The zero-order valence-corrected chi connectivity index (χ0v) is 9.28. The third-order valence-electron chi connectivity index (χ3n) is 2.48. The number of hydrogen-bond donors (Lipinski definition) is 2. The van der Waals surface area contributed by atoms with Gasteiger partial charge in [0.05, 0.1) is 0 Å². The Morgan fingerprint density at radius 1 is 1.17 bits per heavy atom. The van der Waals surface area contributed by atoms with Crippen LogP contribution in [0, 0.1) is 5.41 Å². The Kier molecular flexibility index (Phi) is 3.64. The average molecular weight is 261 g/mol. The van der Waals surface area contributed by atoms with Crippen molar-refractivity contribution in [3.8, 4) is 0 Å². The zero-order chi connectivity index (χ0) is 14.0. The van der Waals surface area contributed by atoms with Gasteiger partial charge in [0.15, 0.2) is 0 Å². The molecule has 0 spiro atoms. The summed E-state index contributed by atoms with van der Waals surface area (Å²) >= 11 is 0. The van der Waals surface area contributed by atoms with E-state index in [1.807, 2.05) is 5.32 Å². The summed E-state index contributed by atoms with van der Waals surface area (Å²) in [6.07, 6.45) is -5.18. The first kappa shape index (κ1) is 14.0. The monoisotopic (exact) mass is 261 g/mol. The van der Waals surface area contributed by atoms with Crippen molar-refractivity contribution in [3.63, 3.8) is 0 Å². The Morgan fingerprint density at radius 2 is 1.67 bits per heavy atom. The molecule has 1 amide bonds. The minimum Gasteiger partial charge on any atom is -0.480 e. The summed E-state index contributed by atoms with van der Waals surface area (Å²) in [6.45, 7) is 0.327. The van der Waals surface area contributed by atoms with Gasteiger partial charge in [0.25, 0.3) is 5.91 Å². The minimum absolute atomic E-state index is 0.0965. The molecule has 98 valence electrons. The number of hydrogen-bond acceptors (Lipinski definition) is 2. The first-order chi connectivity index (χ1) is 8.19. The molecular formula is C11H10F3NO3. The molecule has 1 aromatic carbocycles. The quantitative estimate of drug-likeness (QED) is 0.820. The summed E-state index contributed by atoms with van der Waals surface area (Å²) < 4.78 is 38.0. The van der Waals surface area contributed by atoms with Gasteiger partial charge in [-0.1, -0.05) is 18.2 Å². The fourth-order valence-corrected chi connectivity index (χ4v) is 1.12. The topological polar surface area (TPSA) is 66.4 Å². The number of nitrogens with one attached hydrogen (secondary N) is 1. The van der Waals surface area contributed by atoms with Gasteiger partial charge in [-0.15, -0.1) is 0 Å². The molecular weight excluding hydrogens is 251 g/mol. The van der Waals surface area contributed by atoms with Gasteiger partial charge in [0, 0.05) is 5.69 Å². The van der Waals surface area contributed by atoms with Gasteiger partial charge in [-0.2, -0.15) is 13.2 Å². The van der Waals surface area contributed by atoms with Crippen LogP contribution in [-0.2, 0) is 9.59 Å². The van der Waals surface area contributed by atoms with Crippen LogP contribution >= 0.6 is 0 Å². The number of benzene rings is 1. The van der Waals surface area contributed by atoms with E-state index in [4.69, 9.17) is 5.11 Å². The molecule has 4 nitrogen and oxygen atoms in total. The number of carbonyl (C=O) groups is 2. The van der Waals surface area contributed by atoms with Crippen LogP contribution in [0.1, 0.15) is 6.92 Å². The van der Waals surface area contributed by atoms with Crippen LogP contribution in [0.25, 0.3) is 0 Å². The van der Waals surface area contributed by atoms with Gasteiger partial charge >= 0.3 is 12.1 Å². The highest BCUT2D eigenvalue weighted by atomic mass is 19.4. The van der Waals surface area contributed by atoms with E-state index >= 15 is 0 Å². The number of rotatable bonds is 3. The van der Waals surface area contributed by atoms with E-state index in [0.29, 0.717) is 6.92 Å². The van der Waals surface area contributed by atoms with Crippen LogP contribution in [0.4, 0.5) is 18.9 Å². The van der Waals surface area contributed by atoms with Crippen LogP contribution < -0.4 is 5.32 Å². The van der Waals surface area contributed by atoms with Gasteiger partial charge in [-0.25, -0.2) is 0 Å². The smallest absolute Gasteiger partial charge is 0.413 e. The lowest BCUT2D eigenvalue weighted by Gasteiger charge is -2.26. The predicted molar refractivity (Wildman–Crippen MR) is 56.9 cm³/mol. The molecule has 0 aromatic heterocycles. The Hall–Kier alpha value is -2.05. The molecule has 18 heavy (non-hydrogen) atoms. The van der Waals surface area contributed by atoms with E-state index in [1.165, 1.54) is 24.3 Å². The maximum Gasteiger partial charge on any atom is 0.413 e. The van der Waals surface area contributed by atoms with Gasteiger partial charge in [0.2, 0.25) is 5.41 Å². The highest BCUT2D eigenvalue weighted by molar-refractivity contribution is 6.08. The molecule has 1 unspecified atom stereocenters. The molecule has 0 aliphatic carbocycles. The number of alkyl halides is 3. The summed E-state index contributed by atoms with van der Waals surface area (Å²) in [5, 5.41) is 10.6. The van der Waals surface area contributed by atoms with E-state index in [1.54, 1.807) is 6.07 Å². The third-order valence-corrected chi connectivity index (χ3v) is 2.48. The lowest BCUT2D eigenvalue weighted by atomic mass is 9.88. The molecule has 1 rings (SSSR count). The highest BCUT2D eigenvalue weighted by Crippen LogP contribution is 2.39. The van der Waals surface area contributed by atoms with Crippen LogP contribution in [0.3, 0.4) is 0 Å². The molecule has 0 radical (unpaired) electrons. The molecule has 0 saturated heterocycles. The number of aliphatic carboxylic acids is 1. The van der Waals surface area contributed by atoms with Crippen molar-refractivity contribution in [1.29, 1.82) is 0 Å². The van der Waals surface area contributed by atoms with E-state index in [-0.39, 0.29) is 5.69 Å². The van der Waals surface area contributed by atoms with Crippen LogP contribution in [-0.4, -0.2) is 23.2 Å². The molecule has 1 aromatic rings. The first-order valence-electron chi connectivity index (χ1n) is 4.86. The van der Waals surface area contributed by atoms with Gasteiger partial charge in [-0.3, -0.25) is 9.59 Å². The standard InChI is InChI=1S/C11H10F3NO3/c1-10(9(17)18,11(12,13)14)8(16)15-7-5-3-2-4-6-7/h2-6H,1H3,(H,15,16)(H,17,18). The van der Waals surface area contributed by atoms with Crippen LogP contribution in [0.5, 0.6) is 0 Å². The van der Waals surface area contributed by atoms with E-state index in [0.717, 1.165) is 0 Å². The average Bonchev–Trinajstić information content (AvgIpc) is 2.27. The van der Waals surface area contributed by atoms with Crippen molar-refractivity contribution in [2.75, 3.05) is 5.32 Å². The van der Waals surface area contributed by atoms with Gasteiger partial charge < -0.3 is 10.4 Å². The molecule has 0 fully saturated rings. The highest BCUT2D eigenvalue weighted by Gasteiger charge is 2.62. The lowest BCUT2D eigenvalue weighted by molar-refractivity contribution is -0.221. The minimum atomic E-state index is -5.18. The molecule has 2 N–H and O–H groups in total. The van der Waals surface area contributed by atoms with Crippen molar-refractivity contribution >= 4 is 17.6 Å². The van der Waals surface area contributed by atoms with Gasteiger partial charge in [0.1, 0.15) is 0 Å². The molecule has 0 aliphatic rings. The number of halogens is 3. The zero-order valence-electron chi connectivity index (χ0n) is 9.28. The lowest BCUT2D eigenvalue weighted by Crippen LogP contribution is -2.51. The van der Waals surface area contributed by atoms with E-state index in [2.05, 4.69) is 0 Å². The summed E-state index contributed by atoms with van der Waals surface area (Å²) in [6, 6.07) is 7.32. The van der Waals surface area contributed by atoms with E-state index in [9.17, 15) is 22.8 Å². The predicted octanol–water partition coefficient (Wildman–Crippen LogP) is 2.28. The molecule has 0 heterocycles. The molecule has 1 atom stereocenters. The summed E-state index contributed by atoms with van der Waals surface area (Å²) in [7, 11) is 0. The Bertz CT molecular complexity index is 458. The Balaban J connectivity index is 3.03. The maximum atomic E-state index is 12.7. The van der Waals surface area contributed by atoms with Gasteiger partial charge in [-0.05, 0) is 19.1 Å². The maximum absolute atomic E-state index is 12.7. The molecule has 7 heteroatoms. The summed E-state index contributed by atoms with van der Waals surface area (Å²) in [4.78, 5) is 22.2. The van der Waals surface area contributed by atoms with Crippen molar-refractivity contribution in [2.24, 2.45) is 5.41 Å². The summed E-state index contributed by atoms with van der Waals surface area (Å²) in [5.41, 5.74) is -3.39. The van der Waals surface area contributed by atoms with Crippen molar-refractivity contribution in [3.05, 3.63) is 30.3 Å². The summed E-state index contributed by atoms with van der Waals surface area (Å²) in [5.74, 6) is -3.88. The fraction of sp³-hybridized carbons (Fsp3) is 0.273. The van der Waals surface area contributed by atoms with Crippen molar-refractivity contribution in [2.45, 2.75) is 13.1 Å². The van der Waals surface area contributed by atoms with Crippen LogP contribution in [0.15, 0.2) is 30.3 Å². The number of carbonyl (C=O) groups excluding carboxylic acids is 1. The number of anilines is 1. The number of para-hydroxylation sites is 1. The fourth-order valence-electron chi connectivity index (χ4n) is 1.12. The Morgan fingerprint density at radius 3 is 2.06 bits per heavy atom. The number of carboxylic acid groups (broad SMARTS) is 1. The van der Waals surface area contributed by atoms with Crippen LogP contribution in [0.2, 0.25) is 0 Å². The van der Waals surface area contributed by atoms with Crippen molar-refractivity contribution in [1.82, 2.24) is 0 Å². The molecule has 0 saturated carbocycles. The normalized spacial score (nSPS) is 14.7. The first-order valence-corrected chi connectivity index (χ1v) is 4.86.